The van der Waals surface area contributed by atoms with Gasteiger partial charge in [0.2, 0.25) is 0 Å². The van der Waals surface area contributed by atoms with Gasteiger partial charge in [-0.3, -0.25) is 0 Å². The molecule has 98 valence electrons. The van der Waals surface area contributed by atoms with E-state index in [4.69, 9.17) is 11.0 Å². The fourth-order valence-electron chi connectivity index (χ4n) is 1.98. The SMILES string of the molecule is CCC(CC)C(O)CNc1ccc(N)c(C#N)c1. The smallest absolute Gasteiger partial charge is 0.101 e. The minimum atomic E-state index is -0.372. The van der Waals surface area contributed by atoms with Crippen LogP contribution in [0.4, 0.5) is 11.4 Å². The number of aliphatic hydroxyl groups is 1. The van der Waals surface area contributed by atoms with E-state index in [1.165, 1.54) is 0 Å². The second kappa shape index (κ2) is 6.87. The lowest BCUT2D eigenvalue weighted by atomic mass is 9.96. The number of nitrogens with one attached hydrogen (secondary N) is 1. The van der Waals surface area contributed by atoms with Crippen LogP contribution in [0.3, 0.4) is 0 Å². The molecular weight excluding hydrogens is 226 g/mol. The van der Waals surface area contributed by atoms with E-state index in [1.807, 2.05) is 12.1 Å². The molecule has 0 fully saturated rings. The highest BCUT2D eigenvalue weighted by Gasteiger charge is 2.14. The zero-order chi connectivity index (χ0) is 13.5. The number of aliphatic hydroxyl groups excluding tert-OH is 1. The van der Waals surface area contributed by atoms with E-state index in [1.54, 1.807) is 12.1 Å². The minimum Gasteiger partial charge on any atom is -0.398 e. The van der Waals surface area contributed by atoms with Crippen LogP contribution in [0, 0.1) is 17.2 Å². The van der Waals surface area contributed by atoms with E-state index in [0.717, 1.165) is 18.5 Å². The van der Waals surface area contributed by atoms with Crippen molar-refractivity contribution in [1.29, 1.82) is 5.26 Å². The van der Waals surface area contributed by atoms with Gasteiger partial charge < -0.3 is 16.2 Å². The number of hydrogen-bond acceptors (Lipinski definition) is 4. The third-order valence-electron chi connectivity index (χ3n) is 3.28. The van der Waals surface area contributed by atoms with Gasteiger partial charge in [-0.1, -0.05) is 26.7 Å². The molecule has 1 unspecified atom stereocenters. The summed E-state index contributed by atoms with van der Waals surface area (Å²) in [6.45, 7) is 4.64. The van der Waals surface area contributed by atoms with Gasteiger partial charge in [-0.25, -0.2) is 0 Å². The zero-order valence-corrected chi connectivity index (χ0v) is 11.0. The lowest BCUT2D eigenvalue weighted by molar-refractivity contribution is 0.114. The van der Waals surface area contributed by atoms with Gasteiger partial charge in [0.15, 0.2) is 0 Å². The molecule has 4 nitrogen and oxygen atoms in total. The van der Waals surface area contributed by atoms with Crippen LogP contribution in [0.2, 0.25) is 0 Å². The number of nitrogens with two attached hydrogens (primary N) is 1. The van der Waals surface area contributed by atoms with E-state index in [9.17, 15) is 5.11 Å². The molecule has 18 heavy (non-hydrogen) atoms. The Bertz CT molecular complexity index is 422. The van der Waals surface area contributed by atoms with Crippen molar-refractivity contribution >= 4 is 11.4 Å². The molecule has 0 radical (unpaired) electrons. The Morgan fingerprint density at radius 2 is 2.06 bits per heavy atom. The summed E-state index contributed by atoms with van der Waals surface area (Å²) in [5.41, 5.74) is 7.39. The van der Waals surface area contributed by atoms with Crippen LogP contribution in [0.5, 0.6) is 0 Å². The van der Waals surface area contributed by atoms with Crippen LogP contribution in [-0.2, 0) is 0 Å². The summed E-state index contributed by atoms with van der Waals surface area (Å²) >= 11 is 0. The van der Waals surface area contributed by atoms with Gasteiger partial charge in [0.25, 0.3) is 0 Å². The third kappa shape index (κ3) is 3.64. The minimum absolute atomic E-state index is 0.307. The molecule has 4 N–H and O–H groups in total. The van der Waals surface area contributed by atoms with Crippen molar-refractivity contribution in [1.82, 2.24) is 0 Å². The summed E-state index contributed by atoms with van der Waals surface area (Å²) in [6, 6.07) is 7.26. The van der Waals surface area contributed by atoms with Gasteiger partial charge in [0, 0.05) is 17.9 Å². The van der Waals surface area contributed by atoms with E-state index >= 15 is 0 Å². The monoisotopic (exact) mass is 247 g/mol. The molecule has 0 amide bonds. The summed E-state index contributed by atoms with van der Waals surface area (Å²) in [7, 11) is 0. The van der Waals surface area contributed by atoms with Crippen LogP contribution in [-0.4, -0.2) is 17.8 Å². The first-order valence-electron chi connectivity index (χ1n) is 6.33. The van der Waals surface area contributed by atoms with Crippen LogP contribution >= 0.6 is 0 Å². The van der Waals surface area contributed by atoms with Gasteiger partial charge in [-0.15, -0.1) is 0 Å². The summed E-state index contributed by atoms with van der Waals surface area (Å²) in [5.74, 6) is 0.307. The Morgan fingerprint density at radius 1 is 1.39 bits per heavy atom. The maximum Gasteiger partial charge on any atom is 0.101 e. The summed E-state index contributed by atoms with van der Waals surface area (Å²) < 4.78 is 0. The summed E-state index contributed by atoms with van der Waals surface area (Å²) in [5, 5.41) is 22.0. The van der Waals surface area contributed by atoms with Crippen molar-refractivity contribution in [2.24, 2.45) is 5.92 Å². The molecule has 0 aliphatic carbocycles. The molecule has 0 aliphatic heterocycles. The molecule has 0 spiro atoms. The van der Waals surface area contributed by atoms with Crippen molar-refractivity contribution in [3.63, 3.8) is 0 Å². The van der Waals surface area contributed by atoms with Crippen LogP contribution in [0.1, 0.15) is 32.3 Å². The van der Waals surface area contributed by atoms with Crippen molar-refractivity contribution in [2.45, 2.75) is 32.8 Å². The van der Waals surface area contributed by atoms with E-state index in [-0.39, 0.29) is 6.10 Å². The van der Waals surface area contributed by atoms with Crippen molar-refractivity contribution < 1.29 is 5.11 Å². The topological polar surface area (TPSA) is 82.1 Å². The molecule has 0 saturated carbocycles. The normalized spacial score (nSPS) is 12.2. The summed E-state index contributed by atoms with van der Waals surface area (Å²) in [4.78, 5) is 0. The van der Waals surface area contributed by atoms with Gasteiger partial charge in [-0.05, 0) is 24.1 Å². The number of nitriles is 1. The zero-order valence-electron chi connectivity index (χ0n) is 11.0. The lowest BCUT2D eigenvalue weighted by Crippen LogP contribution is -2.27. The van der Waals surface area contributed by atoms with Crippen LogP contribution in [0.15, 0.2) is 18.2 Å². The molecule has 4 heteroatoms. The molecule has 0 saturated heterocycles. The van der Waals surface area contributed by atoms with Gasteiger partial charge in [0.1, 0.15) is 6.07 Å². The van der Waals surface area contributed by atoms with E-state index < -0.39 is 0 Å². The Balaban J connectivity index is 2.61. The largest absolute Gasteiger partial charge is 0.398 e. The van der Waals surface area contributed by atoms with Crippen molar-refractivity contribution in [2.75, 3.05) is 17.6 Å². The second-order valence-corrected chi connectivity index (χ2v) is 4.44. The van der Waals surface area contributed by atoms with Gasteiger partial charge in [0.05, 0.1) is 11.7 Å². The molecular formula is C14H21N3O. The molecule has 0 heterocycles. The Morgan fingerprint density at radius 3 is 2.61 bits per heavy atom. The number of anilines is 2. The van der Waals surface area contributed by atoms with Gasteiger partial charge in [-0.2, -0.15) is 5.26 Å². The Kier molecular flexibility index (Phi) is 5.47. The first-order chi connectivity index (χ1) is 8.62. The standard InChI is InChI=1S/C14H21N3O/c1-3-10(4-2)14(18)9-17-12-5-6-13(16)11(7-12)8-15/h5-7,10,14,17-18H,3-4,9,16H2,1-2H3. The number of rotatable bonds is 6. The Labute approximate surface area is 108 Å². The van der Waals surface area contributed by atoms with Crippen molar-refractivity contribution in [3.05, 3.63) is 23.8 Å². The van der Waals surface area contributed by atoms with Crippen LogP contribution in [0.25, 0.3) is 0 Å². The molecule has 1 rings (SSSR count). The van der Waals surface area contributed by atoms with Crippen LogP contribution < -0.4 is 11.1 Å². The van der Waals surface area contributed by atoms with E-state index in [2.05, 4.69) is 19.2 Å². The highest BCUT2D eigenvalue weighted by molar-refractivity contribution is 5.61. The molecule has 1 aromatic carbocycles. The molecule has 0 aromatic heterocycles. The Hall–Kier alpha value is -1.73. The number of hydrogen-bond donors (Lipinski definition) is 3. The first-order valence-corrected chi connectivity index (χ1v) is 6.33. The highest BCUT2D eigenvalue weighted by atomic mass is 16.3. The summed E-state index contributed by atoms with van der Waals surface area (Å²) in [6.07, 6.45) is 1.55. The fraction of sp³-hybridized carbons (Fsp3) is 0.500. The predicted molar refractivity (Wildman–Crippen MR) is 74.1 cm³/mol. The third-order valence-corrected chi connectivity index (χ3v) is 3.28. The maximum absolute atomic E-state index is 10.00. The maximum atomic E-state index is 10.00. The molecule has 0 bridgehead atoms. The lowest BCUT2D eigenvalue weighted by Gasteiger charge is -2.21. The van der Waals surface area contributed by atoms with Gasteiger partial charge >= 0.3 is 0 Å². The highest BCUT2D eigenvalue weighted by Crippen LogP contribution is 2.18. The average Bonchev–Trinajstić information content (AvgIpc) is 2.39. The number of nitrogen functional groups attached to an aromatic ring is 1. The quantitative estimate of drug-likeness (QED) is 0.674. The van der Waals surface area contributed by atoms with E-state index in [0.29, 0.717) is 23.7 Å². The molecule has 1 aromatic rings. The predicted octanol–water partition coefficient (Wildman–Crippen LogP) is 2.35. The number of benzene rings is 1. The first kappa shape index (κ1) is 14.3. The number of nitrogens with zero attached hydrogens (tertiary/aromatic N) is 1. The molecule has 0 aliphatic rings. The molecule has 1 atom stereocenters. The average molecular weight is 247 g/mol. The second-order valence-electron chi connectivity index (χ2n) is 4.44. The fourth-order valence-corrected chi connectivity index (χ4v) is 1.98. The van der Waals surface area contributed by atoms with Crippen molar-refractivity contribution in [3.8, 4) is 6.07 Å².